The first-order valence-electron chi connectivity index (χ1n) is 6.75. The number of aromatic nitrogens is 2. The van der Waals surface area contributed by atoms with Crippen molar-refractivity contribution in [2.45, 2.75) is 6.54 Å². The molecule has 0 spiro atoms. The molecule has 3 rings (SSSR count). The first-order chi connectivity index (χ1) is 9.89. The van der Waals surface area contributed by atoms with Crippen molar-refractivity contribution < 1.29 is 9.04 Å². The second-order valence-electron chi connectivity index (χ2n) is 3.87. The highest BCUT2D eigenvalue weighted by molar-refractivity contribution is 5.86. The SMILES string of the molecule is [2H]C([2H])([2H])N1Cc2nccnc2-c2cccc([N+](=O)[O-])c21. The number of anilines is 1. The van der Waals surface area contributed by atoms with Crippen molar-refractivity contribution in [3.8, 4) is 11.3 Å². The molecule has 0 radical (unpaired) electrons. The van der Waals surface area contributed by atoms with E-state index in [1.165, 1.54) is 24.5 Å². The molecular formula is C12H10N4O2. The largest absolute Gasteiger partial charge is 0.363 e. The highest BCUT2D eigenvalue weighted by Gasteiger charge is 2.28. The van der Waals surface area contributed by atoms with Gasteiger partial charge in [0.1, 0.15) is 5.69 Å². The molecule has 6 nitrogen and oxygen atoms in total. The molecule has 2 heterocycles. The van der Waals surface area contributed by atoms with E-state index in [9.17, 15) is 10.1 Å². The quantitative estimate of drug-likeness (QED) is 0.567. The van der Waals surface area contributed by atoms with E-state index in [4.69, 9.17) is 4.11 Å². The number of rotatable bonds is 1. The maximum atomic E-state index is 11.2. The zero-order valence-electron chi connectivity index (χ0n) is 12.2. The Hall–Kier alpha value is -2.50. The van der Waals surface area contributed by atoms with Crippen LogP contribution < -0.4 is 4.90 Å². The van der Waals surface area contributed by atoms with Crippen LogP contribution in [0.1, 0.15) is 9.81 Å². The molecule has 0 amide bonds. The van der Waals surface area contributed by atoms with Gasteiger partial charge < -0.3 is 4.90 Å². The topological polar surface area (TPSA) is 72.2 Å². The normalized spacial score (nSPS) is 16.0. The third kappa shape index (κ3) is 1.42. The van der Waals surface area contributed by atoms with Gasteiger partial charge in [-0.15, -0.1) is 0 Å². The summed E-state index contributed by atoms with van der Waals surface area (Å²) in [6.07, 6.45) is 2.95. The van der Waals surface area contributed by atoms with Crippen LogP contribution in [0.4, 0.5) is 11.4 Å². The number of fused-ring (bicyclic) bond motifs is 3. The summed E-state index contributed by atoms with van der Waals surface area (Å²) in [6, 6.07) is 4.42. The molecule has 0 aliphatic carbocycles. The predicted octanol–water partition coefficient (Wildman–Crippen LogP) is 2.00. The Morgan fingerprint density at radius 1 is 1.44 bits per heavy atom. The van der Waals surface area contributed by atoms with Crippen molar-refractivity contribution >= 4 is 11.4 Å². The lowest BCUT2D eigenvalue weighted by molar-refractivity contribution is -0.384. The fourth-order valence-corrected chi connectivity index (χ4v) is 2.09. The van der Waals surface area contributed by atoms with Gasteiger partial charge in [0, 0.05) is 35.1 Å². The van der Waals surface area contributed by atoms with Crippen molar-refractivity contribution in [1.29, 1.82) is 0 Å². The van der Waals surface area contributed by atoms with Crippen molar-refractivity contribution in [1.82, 2.24) is 9.97 Å². The number of nitrogens with zero attached hydrogens (tertiary/aromatic N) is 4. The van der Waals surface area contributed by atoms with Crippen LogP contribution in [0.3, 0.4) is 0 Å². The molecule has 0 fully saturated rings. The number of hydrogen-bond donors (Lipinski definition) is 0. The molecule has 0 unspecified atom stereocenters. The summed E-state index contributed by atoms with van der Waals surface area (Å²) < 4.78 is 22.9. The molecule has 0 saturated heterocycles. The minimum atomic E-state index is -2.50. The second-order valence-corrected chi connectivity index (χ2v) is 3.87. The van der Waals surface area contributed by atoms with E-state index in [0.29, 0.717) is 17.0 Å². The fraction of sp³-hybridized carbons (Fsp3) is 0.167. The maximum absolute atomic E-state index is 11.2. The highest BCUT2D eigenvalue weighted by Crippen LogP contribution is 2.41. The molecule has 1 aliphatic rings. The zero-order valence-corrected chi connectivity index (χ0v) is 9.20. The van der Waals surface area contributed by atoms with Crippen LogP contribution in [0.15, 0.2) is 30.6 Å². The Morgan fingerprint density at radius 3 is 3.06 bits per heavy atom. The lowest BCUT2D eigenvalue weighted by Gasteiger charge is -2.27. The zero-order chi connectivity index (χ0) is 15.2. The summed E-state index contributed by atoms with van der Waals surface area (Å²) in [5.74, 6) is 0. The van der Waals surface area contributed by atoms with E-state index in [2.05, 4.69) is 9.97 Å². The Labute approximate surface area is 107 Å². The van der Waals surface area contributed by atoms with Crippen LogP contribution in [-0.4, -0.2) is 21.9 Å². The molecule has 1 aromatic carbocycles. The Morgan fingerprint density at radius 2 is 2.28 bits per heavy atom. The van der Waals surface area contributed by atoms with E-state index >= 15 is 0 Å². The van der Waals surface area contributed by atoms with Gasteiger partial charge in [-0.25, -0.2) is 0 Å². The maximum Gasteiger partial charge on any atom is 0.293 e. The third-order valence-electron chi connectivity index (χ3n) is 2.82. The van der Waals surface area contributed by atoms with Crippen LogP contribution in [0, 0.1) is 10.1 Å². The van der Waals surface area contributed by atoms with Crippen LogP contribution in [0.5, 0.6) is 0 Å². The molecule has 0 atom stereocenters. The Kier molecular flexibility index (Phi) is 1.62. The minimum Gasteiger partial charge on any atom is -0.363 e. The minimum absolute atomic E-state index is 0.0441. The summed E-state index contributed by atoms with van der Waals surface area (Å²) >= 11 is 0. The average Bonchev–Trinajstić information content (AvgIpc) is 2.44. The first kappa shape index (κ1) is 7.75. The van der Waals surface area contributed by atoms with Gasteiger partial charge in [0.15, 0.2) is 0 Å². The number of benzene rings is 1. The van der Waals surface area contributed by atoms with Gasteiger partial charge in [0.2, 0.25) is 0 Å². The highest BCUT2D eigenvalue weighted by atomic mass is 16.6. The molecule has 18 heavy (non-hydrogen) atoms. The van der Waals surface area contributed by atoms with E-state index < -0.39 is 11.9 Å². The van der Waals surface area contributed by atoms with Gasteiger partial charge in [-0.3, -0.25) is 20.1 Å². The Balaban J connectivity index is 2.33. The fourth-order valence-electron chi connectivity index (χ4n) is 2.09. The number of nitro benzene ring substituents is 1. The van der Waals surface area contributed by atoms with E-state index in [-0.39, 0.29) is 17.9 Å². The van der Waals surface area contributed by atoms with Crippen LogP contribution in [0.25, 0.3) is 11.3 Å². The third-order valence-corrected chi connectivity index (χ3v) is 2.82. The molecule has 6 heteroatoms. The van der Waals surface area contributed by atoms with Crippen LogP contribution in [0.2, 0.25) is 0 Å². The van der Waals surface area contributed by atoms with Gasteiger partial charge in [-0.1, -0.05) is 12.1 Å². The molecule has 2 aromatic rings. The van der Waals surface area contributed by atoms with Crippen molar-refractivity contribution in [3.05, 3.63) is 46.4 Å². The van der Waals surface area contributed by atoms with E-state index in [0.717, 1.165) is 4.90 Å². The second kappa shape index (κ2) is 3.76. The molecule has 0 N–H and O–H groups in total. The molecule has 0 saturated carbocycles. The van der Waals surface area contributed by atoms with Gasteiger partial charge in [-0.2, -0.15) is 0 Å². The molecule has 1 aliphatic heterocycles. The predicted molar refractivity (Wildman–Crippen MR) is 66.2 cm³/mol. The van der Waals surface area contributed by atoms with Crippen molar-refractivity contribution in [3.63, 3.8) is 0 Å². The smallest absolute Gasteiger partial charge is 0.293 e. The average molecular weight is 245 g/mol. The Bertz CT molecular complexity index is 733. The van der Waals surface area contributed by atoms with E-state index in [1.54, 1.807) is 6.07 Å². The summed E-state index contributed by atoms with van der Waals surface area (Å²) in [7, 11) is 0. The van der Waals surface area contributed by atoms with Gasteiger partial charge in [0.25, 0.3) is 5.69 Å². The van der Waals surface area contributed by atoms with Gasteiger partial charge in [-0.05, 0) is 0 Å². The summed E-state index contributed by atoms with van der Waals surface area (Å²) in [4.78, 5) is 20.0. The summed E-state index contributed by atoms with van der Waals surface area (Å²) in [6.45, 7) is -2.55. The van der Waals surface area contributed by atoms with Crippen molar-refractivity contribution in [2.24, 2.45) is 0 Å². The molecule has 90 valence electrons. The standard InChI is InChI=1S/C12H10N4O2/c1-15-7-9-11(14-6-5-13-9)8-3-2-4-10(12(8)15)16(17)18/h2-6H,7H2,1H3/i1D3. The molecule has 0 bridgehead atoms. The van der Waals surface area contributed by atoms with E-state index in [1.807, 2.05) is 0 Å². The van der Waals surface area contributed by atoms with Gasteiger partial charge >= 0.3 is 0 Å². The molecular weight excluding hydrogens is 232 g/mol. The summed E-state index contributed by atoms with van der Waals surface area (Å²) in [5.41, 5.74) is 1.20. The first-order valence-corrected chi connectivity index (χ1v) is 5.25. The van der Waals surface area contributed by atoms with Crippen LogP contribution in [-0.2, 0) is 6.54 Å². The summed E-state index contributed by atoms with van der Waals surface area (Å²) in [5, 5.41) is 11.2. The lowest BCUT2D eigenvalue weighted by atomic mass is 10.0. The number of para-hydroxylation sites is 1. The number of hydrogen-bond acceptors (Lipinski definition) is 5. The van der Waals surface area contributed by atoms with Gasteiger partial charge in [0.05, 0.1) is 22.9 Å². The molecule has 1 aromatic heterocycles. The lowest BCUT2D eigenvalue weighted by Crippen LogP contribution is -2.24. The monoisotopic (exact) mass is 245 g/mol. The van der Waals surface area contributed by atoms with Crippen molar-refractivity contribution in [2.75, 3.05) is 11.9 Å². The number of nitro groups is 1. The van der Waals surface area contributed by atoms with Crippen LogP contribution >= 0.6 is 0 Å².